The number of hydrogen-bond acceptors (Lipinski definition) is 8. The number of urea groups is 1. The number of nitrogens with zero attached hydrogens (tertiary/aromatic N) is 3. The number of anilines is 4. The summed E-state index contributed by atoms with van der Waals surface area (Å²) in [7, 11) is 4.59. The minimum absolute atomic E-state index is 0.0948. The number of aryl methyl sites for hydroxylation is 1. The fourth-order valence-corrected chi connectivity index (χ4v) is 3.56. The van der Waals surface area contributed by atoms with Gasteiger partial charge in [0.05, 0.1) is 43.9 Å². The molecular formula is C24H22ClFN6O4. The molecule has 0 atom stereocenters. The summed E-state index contributed by atoms with van der Waals surface area (Å²) < 4.78 is 29.4. The summed E-state index contributed by atoms with van der Waals surface area (Å²) in [5.41, 5.74) is 2.79. The van der Waals surface area contributed by atoms with Crippen LogP contribution in [0.3, 0.4) is 0 Å². The zero-order valence-corrected chi connectivity index (χ0v) is 20.5. The van der Waals surface area contributed by atoms with Crippen LogP contribution in [0.25, 0.3) is 11.2 Å². The molecule has 3 N–H and O–H groups in total. The van der Waals surface area contributed by atoms with Crippen LogP contribution in [0.5, 0.6) is 17.2 Å². The molecule has 2 aromatic heterocycles. The van der Waals surface area contributed by atoms with Crippen LogP contribution in [-0.2, 0) is 0 Å². The molecule has 0 saturated carbocycles. The second kappa shape index (κ2) is 10.5. The summed E-state index contributed by atoms with van der Waals surface area (Å²) in [5.74, 6) is 1.31. The van der Waals surface area contributed by atoms with Crippen LogP contribution < -0.4 is 30.2 Å². The van der Waals surface area contributed by atoms with Crippen molar-refractivity contribution in [3.05, 3.63) is 59.1 Å². The predicted octanol–water partition coefficient (Wildman–Crippen LogP) is 5.54. The van der Waals surface area contributed by atoms with Gasteiger partial charge in [-0.25, -0.2) is 24.1 Å². The first-order valence-corrected chi connectivity index (χ1v) is 10.9. The standard InChI is InChI=1S/C24H22ClFN6O4/c1-12-17(31-24(33)30-13-5-6-16(26)15(25)7-13)10-18-23(28-12)32-21(11-27-18)29-14-8-19(34-2)22(36-4)20(9-14)35-3/h5-11H,1-4H3,(H,28,29,32)(H2,30,31,33). The Kier molecular flexibility index (Phi) is 7.20. The van der Waals surface area contributed by atoms with E-state index in [9.17, 15) is 9.18 Å². The van der Waals surface area contributed by atoms with Gasteiger partial charge in [0.2, 0.25) is 5.75 Å². The molecule has 0 spiro atoms. The molecule has 0 aliphatic heterocycles. The molecule has 4 aromatic rings. The lowest BCUT2D eigenvalue weighted by Gasteiger charge is -2.15. The van der Waals surface area contributed by atoms with Crippen LogP contribution in [0.4, 0.5) is 32.1 Å². The fraction of sp³-hybridized carbons (Fsp3) is 0.167. The maximum Gasteiger partial charge on any atom is 0.323 e. The van der Waals surface area contributed by atoms with Gasteiger partial charge in [-0.05, 0) is 31.2 Å². The number of benzene rings is 2. The van der Waals surface area contributed by atoms with Crippen LogP contribution in [0.2, 0.25) is 5.02 Å². The number of methoxy groups -OCH3 is 3. The number of ether oxygens (including phenoxy) is 3. The molecule has 0 unspecified atom stereocenters. The van der Waals surface area contributed by atoms with Crippen molar-refractivity contribution < 1.29 is 23.4 Å². The van der Waals surface area contributed by atoms with Crippen molar-refractivity contribution in [1.29, 1.82) is 0 Å². The topological polar surface area (TPSA) is 120 Å². The first-order valence-electron chi connectivity index (χ1n) is 10.6. The molecule has 10 nitrogen and oxygen atoms in total. The Hall–Kier alpha value is -4.38. The number of hydrogen-bond donors (Lipinski definition) is 3. The summed E-state index contributed by atoms with van der Waals surface area (Å²) in [4.78, 5) is 25.8. The second-order valence-electron chi connectivity index (χ2n) is 7.47. The van der Waals surface area contributed by atoms with Crippen molar-refractivity contribution in [3.8, 4) is 17.2 Å². The van der Waals surface area contributed by atoms with E-state index in [1.165, 1.54) is 45.7 Å². The number of carbonyl (C=O) groups excluding carboxylic acids is 1. The highest BCUT2D eigenvalue weighted by Crippen LogP contribution is 2.40. The molecule has 0 fully saturated rings. The van der Waals surface area contributed by atoms with Crippen molar-refractivity contribution in [2.24, 2.45) is 0 Å². The number of pyridine rings is 1. The van der Waals surface area contributed by atoms with Crippen LogP contribution in [-0.4, -0.2) is 42.3 Å². The zero-order chi connectivity index (χ0) is 25.8. The van der Waals surface area contributed by atoms with Crippen LogP contribution >= 0.6 is 11.6 Å². The SMILES string of the molecule is COc1cc(Nc2cnc3cc(NC(=O)Nc4ccc(F)c(Cl)c4)c(C)nc3n2)cc(OC)c1OC. The van der Waals surface area contributed by atoms with Crippen molar-refractivity contribution in [1.82, 2.24) is 15.0 Å². The van der Waals surface area contributed by atoms with E-state index in [0.717, 1.165) is 0 Å². The number of fused-ring (bicyclic) bond motifs is 1. The molecule has 0 radical (unpaired) electrons. The van der Waals surface area contributed by atoms with E-state index in [0.29, 0.717) is 57.0 Å². The van der Waals surface area contributed by atoms with E-state index >= 15 is 0 Å². The molecule has 0 aliphatic rings. The molecule has 2 amide bonds. The first kappa shape index (κ1) is 24.7. The Balaban J connectivity index is 1.54. The van der Waals surface area contributed by atoms with Crippen molar-refractivity contribution in [2.75, 3.05) is 37.3 Å². The van der Waals surface area contributed by atoms with Gasteiger partial charge in [0.25, 0.3) is 0 Å². The number of halogens is 2. The highest BCUT2D eigenvalue weighted by atomic mass is 35.5. The van der Waals surface area contributed by atoms with Crippen LogP contribution in [0.1, 0.15) is 5.69 Å². The third kappa shape index (κ3) is 5.31. The molecule has 0 aliphatic carbocycles. The van der Waals surface area contributed by atoms with Crippen LogP contribution in [0, 0.1) is 12.7 Å². The minimum atomic E-state index is -0.574. The van der Waals surface area contributed by atoms with Crippen LogP contribution in [0.15, 0.2) is 42.6 Å². The Morgan fingerprint density at radius 2 is 1.67 bits per heavy atom. The first-order chi connectivity index (χ1) is 17.3. The summed E-state index contributed by atoms with van der Waals surface area (Å²) >= 11 is 5.76. The van der Waals surface area contributed by atoms with E-state index < -0.39 is 11.8 Å². The molecule has 2 heterocycles. The maximum atomic E-state index is 13.3. The van der Waals surface area contributed by atoms with Gasteiger partial charge in [-0.15, -0.1) is 0 Å². The van der Waals surface area contributed by atoms with Gasteiger partial charge in [0.1, 0.15) is 11.3 Å². The van der Waals surface area contributed by atoms with E-state index in [2.05, 4.69) is 30.9 Å². The molecular weight excluding hydrogens is 491 g/mol. The molecule has 2 aromatic carbocycles. The number of aromatic nitrogens is 3. The Morgan fingerprint density at radius 1 is 0.944 bits per heavy atom. The lowest BCUT2D eigenvalue weighted by molar-refractivity contribution is 0.262. The maximum absolute atomic E-state index is 13.3. The number of rotatable bonds is 7. The number of carbonyl (C=O) groups is 1. The number of nitrogens with one attached hydrogen (secondary N) is 3. The Labute approximate surface area is 210 Å². The lowest BCUT2D eigenvalue weighted by atomic mass is 10.2. The monoisotopic (exact) mass is 512 g/mol. The quantitative estimate of drug-likeness (QED) is 0.295. The largest absolute Gasteiger partial charge is 0.493 e. The highest BCUT2D eigenvalue weighted by molar-refractivity contribution is 6.31. The zero-order valence-electron chi connectivity index (χ0n) is 19.8. The molecule has 36 heavy (non-hydrogen) atoms. The summed E-state index contributed by atoms with van der Waals surface area (Å²) in [6, 6.07) is 8.48. The Morgan fingerprint density at radius 3 is 2.31 bits per heavy atom. The van der Waals surface area contributed by atoms with Crippen molar-refractivity contribution in [2.45, 2.75) is 6.92 Å². The summed E-state index contributed by atoms with van der Waals surface area (Å²) in [5, 5.41) is 8.35. The molecule has 4 rings (SSSR count). The average Bonchev–Trinajstić information content (AvgIpc) is 2.86. The van der Waals surface area contributed by atoms with Gasteiger partial charge in [-0.2, -0.15) is 0 Å². The molecule has 0 bridgehead atoms. The van der Waals surface area contributed by atoms with Gasteiger partial charge in [-0.1, -0.05) is 11.6 Å². The van der Waals surface area contributed by atoms with Gasteiger partial charge >= 0.3 is 6.03 Å². The van der Waals surface area contributed by atoms with E-state index in [-0.39, 0.29) is 5.02 Å². The smallest absolute Gasteiger partial charge is 0.323 e. The van der Waals surface area contributed by atoms with Gasteiger partial charge in [-0.3, -0.25) is 0 Å². The van der Waals surface area contributed by atoms with E-state index in [4.69, 9.17) is 25.8 Å². The molecule has 186 valence electrons. The third-order valence-electron chi connectivity index (χ3n) is 5.09. The number of amides is 2. The predicted molar refractivity (Wildman–Crippen MR) is 136 cm³/mol. The lowest BCUT2D eigenvalue weighted by Crippen LogP contribution is -2.20. The summed E-state index contributed by atoms with van der Waals surface area (Å²) in [6.45, 7) is 1.73. The van der Waals surface area contributed by atoms with E-state index in [1.54, 1.807) is 25.1 Å². The highest BCUT2D eigenvalue weighted by Gasteiger charge is 2.15. The minimum Gasteiger partial charge on any atom is -0.493 e. The summed E-state index contributed by atoms with van der Waals surface area (Å²) in [6.07, 6.45) is 1.53. The van der Waals surface area contributed by atoms with Gasteiger partial charge in [0.15, 0.2) is 23.0 Å². The van der Waals surface area contributed by atoms with Gasteiger partial charge < -0.3 is 30.2 Å². The van der Waals surface area contributed by atoms with Crippen molar-refractivity contribution in [3.63, 3.8) is 0 Å². The van der Waals surface area contributed by atoms with Gasteiger partial charge in [0, 0.05) is 23.5 Å². The van der Waals surface area contributed by atoms with E-state index in [1.807, 2.05) is 0 Å². The fourth-order valence-electron chi connectivity index (χ4n) is 3.38. The average molecular weight is 513 g/mol. The molecule has 12 heteroatoms. The third-order valence-corrected chi connectivity index (χ3v) is 5.38. The molecule has 0 saturated heterocycles. The second-order valence-corrected chi connectivity index (χ2v) is 7.87. The Bertz CT molecular complexity index is 1430. The normalized spacial score (nSPS) is 10.6. The van der Waals surface area contributed by atoms with Crippen molar-refractivity contribution >= 4 is 51.7 Å².